The van der Waals surface area contributed by atoms with E-state index in [1.165, 1.54) is 11.8 Å². The molecule has 1 aliphatic rings. The lowest BCUT2D eigenvalue weighted by atomic mass is 9.76. The topological polar surface area (TPSA) is 37.4 Å². The van der Waals surface area contributed by atoms with Crippen molar-refractivity contribution in [1.82, 2.24) is 4.90 Å². The van der Waals surface area contributed by atoms with Crippen LogP contribution in [0.25, 0.3) is 0 Å². The lowest BCUT2D eigenvalue weighted by Gasteiger charge is -2.41. The van der Waals surface area contributed by atoms with E-state index in [-0.39, 0.29) is 11.0 Å². The first-order chi connectivity index (χ1) is 13.0. The number of rotatable bonds is 5. The summed E-state index contributed by atoms with van der Waals surface area (Å²) in [4.78, 5) is 28.8. The van der Waals surface area contributed by atoms with E-state index in [1.54, 1.807) is 4.90 Å². The van der Waals surface area contributed by atoms with Gasteiger partial charge in [0.15, 0.2) is 0 Å². The molecular formula is C23H25NO2S. The highest BCUT2D eigenvalue weighted by Gasteiger charge is 2.52. The molecule has 1 saturated heterocycles. The number of hydrogen-bond acceptors (Lipinski definition) is 3. The highest BCUT2D eigenvalue weighted by atomic mass is 32.2. The van der Waals surface area contributed by atoms with Crippen molar-refractivity contribution in [3.63, 3.8) is 0 Å². The van der Waals surface area contributed by atoms with Gasteiger partial charge in [0.25, 0.3) is 0 Å². The van der Waals surface area contributed by atoms with E-state index < -0.39 is 5.41 Å². The van der Waals surface area contributed by atoms with Crippen LogP contribution in [0.5, 0.6) is 0 Å². The fourth-order valence-corrected chi connectivity index (χ4v) is 4.71. The van der Waals surface area contributed by atoms with Gasteiger partial charge in [-0.1, -0.05) is 60.7 Å². The molecule has 140 valence electrons. The van der Waals surface area contributed by atoms with Crippen molar-refractivity contribution in [3.8, 4) is 0 Å². The molecule has 0 N–H and O–H groups in total. The Morgan fingerprint density at radius 2 is 1.37 bits per heavy atom. The Morgan fingerprint density at radius 1 is 0.889 bits per heavy atom. The van der Waals surface area contributed by atoms with Gasteiger partial charge in [-0.25, -0.2) is 0 Å². The quantitative estimate of drug-likeness (QED) is 0.698. The van der Waals surface area contributed by atoms with Crippen LogP contribution in [-0.4, -0.2) is 22.5 Å². The second-order valence-corrected chi connectivity index (χ2v) is 8.11. The first kappa shape index (κ1) is 19.4. The second-order valence-electron chi connectivity index (χ2n) is 7.15. The minimum Gasteiger partial charge on any atom is -0.306 e. The number of hydrogen-bond donors (Lipinski definition) is 0. The van der Waals surface area contributed by atoms with Crippen LogP contribution < -0.4 is 0 Å². The summed E-state index contributed by atoms with van der Waals surface area (Å²) in [5, 5.41) is 0.727. The maximum atomic E-state index is 13.7. The van der Waals surface area contributed by atoms with Crippen LogP contribution in [0.2, 0.25) is 0 Å². The third-order valence-electron chi connectivity index (χ3n) is 4.92. The van der Waals surface area contributed by atoms with E-state index in [2.05, 4.69) is 0 Å². The molecule has 0 radical (unpaired) electrons. The molecule has 1 fully saturated rings. The first-order valence-electron chi connectivity index (χ1n) is 9.27. The number of thioether (sulfide) groups is 1. The summed E-state index contributed by atoms with van der Waals surface area (Å²) in [6, 6.07) is 19.7. The van der Waals surface area contributed by atoms with Crippen molar-refractivity contribution in [3.05, 3.63) is 82.4 Å². The molecule has 0 bridgehead atoms. The van der Waals surface area contributed by atoms with Gasteiger partial charge in [0.1, 0.15) is 5.41 Å². The molecule has 1 aliphatic heterocycles. The standard InChI is InChI=1S/C23H25NO2S/c1-4-24-20(17(2)3)27-22(26)23(21(24)25,15-18-11-7-5-8-12-18)16-19-13-9-6-10-14-19/h5-14H,4,15-16H2,1-3H3. The molecule has 3 nitrogen and oxygen atoms in total. The summed E-state index contributed by atoms with van der Waals surface area (Å²) in [6.45, 7) is 6.43. The molecule has 0 unspecified atom stereocenters. The van der Waals surface area contributed by atoms with E-state index in [4.69, 9.17) is 0 Å². The summed E-state index contributed by atoms with van der Waals surface area (Å²) < 4.78 is 0. The predicted octanol–water partition coefficient (Wildman–Crippen LogP) is 4.83. The number of carbonyl (C=O) groups excluding carboxylic acids is 2. The van der Waals surface area contributed by atoms with Crippen molar-refractivity contribution in [2.24, 2.45) is 5.41 Å². The normalized spacial score (nSPS) is 16.6. The molecule has 3 rings (SSSR count). The number of amides is 1. The van der Waals surface area contributed by atoms with Crippen molar-refractivity contribution in [2.75, 3.05) is 6.54 Å². The zero-order chi connectivity index (χ0) is 19.4. The molecule has 0 aromatic heterocycles. The molecule has 0 saturated carbocycles. The SMILES string of the molecule is CCN1C(=O)C(Cc2ccccc2)(Cc2ccccc2)C(=O)SC1=C(C)C. The first-order valence-corrected chi connectivity index (χ1v) is 10.1. The zero-order valence-electron chi connectivity index (χ0n) is 16.1. The highest BCUT2D eigenvalue weighted by Crippen LogP contribution is 2.45. The predicted molar refractivity (Wildman–Crippen MR) is 111 cm³/mol. The van der Waals surface area contributed by atoms with Gasteiger partial charge in [0, 0.05) is 6.54 Å². The van der Waals surface area contributed by atoms with E-state index in [0.717, 1.165) is 21.7 Å². The summed E-state index contributed by atoms with van der Waals surface area (Å²) in [5.74, 6) is -0.0855. The Kier molecular flexibility index (Phi) is 5.85. The molecule has 4 heteroatoms. The fourth-order valence-electron chi connectivity index (χ4n) is 3.58. The van der Waals surface area contributed by atoms with Crippen molar-refractivity contribution in [1.29, 1.82) is 0 Å². The van der Waals surface area contributed by atoms with Crippen LogP contribution in [0.4, 0.5) is 0 Å². The second kappa shape index (κ2) is 8.13. The van der Waals surface area contributed by atoms with Crippen molar-refractivity contribution < 1.29 is 9.59 Å². The van der Waals surface area contributed by atoms with E-state index in [9.17, 15) is 9.59 Å². The maximum Gasteiger partial charge on any atom is 0.242 e. The van der Waals surface area contributed by atoms with Gasteiger partial charge in [-0.15, -0.1) is 0 Å². The summed E-state index contributed by atoms with van der Waals surface area (Å²) in [7, 11) is 0. The Labute approximate surface area is 165 Å². The minimum atomic E-state index is -1.08. The van der Waals surface area contributed by atoms with Crippen molar-refractivity contribution >= 4 is 22.8 Å². The lowest BCUT2D eigenvalue weighted by Crippen LogP contribution is -2.53. The fraction of sp³-hybridized carbons (Fsp3) is 0.304. The molecule has 27 heavy (non-hydrogen) atoms. The third-order valence-corrected chi connectivity index (χ3v) is 6.32. The van der Waals surface area contributed by atoms with Crippen molar-refractivity contribution in [2.45, 2.75) is 33.6 Å². The highest BCUT2D eigenvalue weighted by molar-refractivity contribution is 8.17. The minimum absolute atomic E-state index is 0.0545. The molecule has 0 aliphatic carbocycles. The number of nitrogens with zero attached hydrogens (tertiary/aromatic N) is 1. The lowest BCUT2D eigenvalue weighted by molar-refractivity contribution is -0.145. The molecular weight excluding hydrogens is 354 g/mol. The van der Waals surface area contributed by atoms with Gasteiger partial charge >= 0.3 is 0 Å². The molecule has 2 aromatic rings. The summed E-state index contributed by atoms with van der Waals surface area (Å²) in [6.07, 6.45) is 0.833. The van der Waals surface area contributed by atoms with Gasteiger partial charge in [-0.2, -0.15) is 0 Å². The monoisotopic (exact) mass is 379 g/mol. The Morgan fingerprint density at radius 3 is 1.78 bits per heavy atom. The molecule has 1 amide bonds. The molecule has 0 atom stereocenters. The van der Waals surface area contributed by atoms with E-state index in [0.29, 0.717) is 19.4 Å². The van der Waals surface area contributed by atoms with Crippen LogP contribution in [0, 0.1) is 5.41 Å². The number of carbonyl (C=O) groups is 2. The van der Waals surface area contributed by atoms with Crippen LogP contribution in [-0.2, 0) is 22.4 Å². The average molecular weight is 380 g/mol. The van der Waals surface area contributed by atoms with E-state index in [1.807, 2.05) is 81.4 Å². The largest absolute Gasteiger partial charge is 0.306 e. The van der Waals surface area contributed by atoms with Gasteiger partial charge < -0.3 is 4.90 Å². The van der Waals surface area contributed by atoms with Gasteiger partial charge in [0.05, 0.1) is 5.03 Å². The third kappa shape index (κ3) is 3.86. The van der Waals surface area contributed by atoms with Crippen LogP contribution in [0.1, 0.15) is 31.9 Å². The molecule has 1 heterocycles. The Bertz CT molecular complexity index is 813. The smallest absolute Gasteiger partial charge is 0.242 e. The Balaban J connectivity index is 2.09. The van der Waals surface area contributed by atoms with E-state index >= 15 is 0 Å². The zero-order valence-corrected chi connectivity index (χ0v) is 16.9. The molecule has 2 aromatic carbocycles. The van der Waals surface area contributed by atoms with Gasteiger partial charge in [0.2, 0.25) is 11.0 Å². The van der Waals surface area contributed by atoms with Crippen LogP contribution in [0.15, 0.2) is 71.3 Å². The number of allylic oxidation sites excluding steroid dienone is 1. The molecule has 0 spiro atoms. The van der Waals surface area contributed by atoms with Gasteiger partial charge in [-0.3, -0.25) is 9.59 Å². The summed E-state index contributed by atoms with van der Waals surface area (Å²) in [5.41, 5.74) is 1.93. The number of benzene rings is 2. The Hall–Kier alpha value is -2.33. The van der Waals surface area contributed by atoms with Crippen LogP contribution in [0.3, 0.4) is 0 Å². The summed E-state index contributed by atoms with van der Waals surface area (Å²) >= 11 is 1.22. The maximum absolute atomic E-state index is 13.7. The average Bonchev–Trinajstić information content (AvgIpc) is 2.67. The van der Waals surface area contributed by atoms with Gasteiger partial charge in [-0.05, 0) is 62.1 Å². The van der Waals surface area contributed by atoms with Crippen LogP contribution >= 0.6 is 11.8 Å².